The number of hydrogen-bond donors (Lipinski definition) is 1. The van der Waals surface area contributed by atoms with Crippen LogP contribution >= 0.6 is 11.3 Å². The first-order valence-corrected chi connectivity index (χ1v) is 5.60. The highest BCUT2D eigenvalue weighted by Crippen LogP contribution is 2.13. The smallest absolute Gasteiger partial charge is 0.0451 e. The lowest BCUT2D eigenvalue weighted by Crippen LogP contribution is -1.97. The third kappa shape index (κ3) is 2.36. The summed E-state index contributed by atoms with van der Waals surface area (Å²) in [6.45, 7) is 3.01. The second-order valence-corrected chi connectivity index (χ2v) is 4.13. The van der Waals surface area contributed by atoms with Gasteiger partial charge in [-0.2, -0.15) is 11.3 Å². The number of aryl methyl sites for hydroxylation is 1. The maximum absolute atomic E-state index is 3.37. The lowest BCUT2D eigenvalue weighted by Gasteiger charge is -2.03. The first-order chi connectivity index (χ1) is 6.84. The van der Waals surface area contributed by atoms with E-state index in [1.807, 2.05) is 0 Å². The number of benzene rings is 1. The van der Waals surface area contributed by atoms with Crippen molar-refractivity contribution in [3.8, 4) is 0 Å². The molecule has 1 aromatic carbocycles. The minimum absolute atomic E-state index is 0.900. The highest BCUT2D eigenvalue weighted by atomic mass is 32.1. The minimum atomic E-state index is 0.900. The van der Waals surface area contributed by atoms with E-state index in [2.05, 4.69) is 53.3 Å². The van der Waals surface area contributed by atoms with Gasteiger partial charge in [0.25, 0.3) is 0 Å². The fourth-order valence-electron chi connectivity index (χ4n) is 1.28. The Bertz CT molecular complexity index is 375. The SMILES string of the molecule is Cc1ccc(CNc2ccsc2)cc1. The van der Waals surface area contributed by atoms with Crippen LogP contribution in [0.1, 0.15) is 11.1 Å². The van der Waals surface area contributed by atoms with Crippen LogP contribution in [0.15, 0.2) is 41.1 Å². The van der Waals surface area contributed by atoms with Crippen molar-refractivity contribution < 1.29 is 0 Å². The van der Waals surface area contributed by atoms with Gasteiger partial charge in [0, 0.05) is 17.6 Å². The van der Waals surface area contributed by atoms with Gasteiger partial charge in [0.05, 0.1) is 0 Å². The molecule has 2 heteroatoms. The van der Waals surface area contributed by atoms with Crippen molar-refractivity contribution >= 4 is 17.0 Å². The first kappa shape index (κ1) is 9.28. The molecule has 0 aliphatic carbocycles. The minimum Gasteiger partial charge on any atom is -0.380 e. The lowest BCUT2D eigenvalue weighted by atomic mass is 10.1. The van der Waals surface area contributed by atoms with Crippen LogP contribution in [0.25, 0.3) is 0 Å². The molecule has 72 valence electrons. The van der Waals surface area contributed by atoms with Crippen molar-refractivity contribution in [2.45, 2.75) is 13.5 Å². The molecule has 0 bridgehead atoms. The average molecular weight is 203 g/mol. The molecule has 1 heterocycles. The molecule has 0 spiro atoms. The van der Waals surface area contributed by atoms with Crippen molar-refractivity contribution in [2.75, 3.05) is 5.32 Å². The van der Waals surface area contributed by atoms with E-state index >= 15 is 0 Å². The zero-order valence-corrected chi connectivity index (χ0v) is 8.97. The van der Waals surface area contributed by atoms with Crippen molar-refractivity contribution in [3.63, 3.8) is 0 Å². The number of rotatable bonds is 3. The Balaban J connectivity index is 1.95. The average Bonchev–Trinajstić information content (AvgIpc) is 2.70. The van der Waals surface area contributed by atoms with Gasteiger partial charge in [-0.05, 0) is 23.9 Å². The molecule has 0 amide bonds. The predicted octanol–water partition coefficient (Wildman–Crippen LogP) is 3.67. The van der Waals surface area contributed by atoms with E-state index in [9.17, 15) is 0 Å². The Morgan fingerprint density at radius 2 is 1.93 bits per heavy atom. The van der Waals surface area contributed by atoms with Crippen LogP contribution in [0.3, 0.4) is 0 Å². The summed E-state index contributed by atoms with van der Waals surface area (Å²) < 4.78 is 0. The van der Waals surface area contributed by atoms with Crippen LogP contribution < -0.4 is 5.32 Å². The van der Waals surface area contributed by atoms with Gasteiger partial charge < -0.3 is 5.32 Å². The summed E-state index contributed by atoms with van der Waals surface area (Å²) >= 11 is 1.71. The van der Waals surface area contributed by atoms with Crippen LogP contribution in [0.5, 0.6) is 0 Å². The van der Waals surface area contributed by atoms with Crippen LogP contribution in [-0.2, 0) is 6.54 Å². The highest BCUT2D eigenvalue weighted by molar-refractivity contribution is 7.08. The predicted molar refractivity (Wildman–Crippen MR) is 62.8 cm³/mol. The lowest BCUT2D eigenvalue weighted by molar-refractivity contribution is 1.15. The Labute approximate surface area is 88.4 Å². The van der Waals surface area contributed by atoms with E-state index in [1.54, 1.807) is 11.3 Å². The normalized spacial score (nSPS) is 10.1. The maximum Gasteiger partial charge on any atom is 0.0451 e. The summed E-state index contributed by atoms with van der Waals surface area (Å²) in [5, 5.41) is 7.57. The summed E-state index contributed by atoms with van der Waals surface area (Å²) in [4.78, 5) is 0. The number of thiophene rings is 1. The summed E-state index contributed by atoms with van der Waals surface area (Å²) in [5.41, 5.74) is 3.83. The number of anilines is 1. The molecule has 0 fully saturated rings. The molecule has 0 saturated carbocycles. The van der Waals surface area contributed by atoms with Crippen LogP contribution in [0, 0.1) is 6.92 Å². The van der Waals surface area contributed by atoms with Gasteiger partial charge in [0.2, 0.25) is 0 Å². The molecular weight excluding hydrogens is 190 g/mol. The first-order valence-electron chi connectivity index (χ1n) is 4.66. The standard InChI is InChI=1S/C12H13NS/c1-10-2-4-11(5-3-10)8-13-12-6-7-14-9-12/h2-7,9,13H,8H2,1H3. The fraction of sp³-hybridized carbons (Fsp3) is 0.167. The molecule has 14 heavy (non-hydrogen) atoms. The Morgan fingerprint density at radius 3 is 2.57 bits per heavy atom. The van der Waals surface area contributed by atoms with Crippen molar-refractivity contribution in [1.82, 2.24) is 0 Å². The van der Waals surface area contributed by atoms with Crippen molar-refractivity contribution in [3.05, 3.63) is 52.2 Å². The zero-order chi connectivity index (χ0) is 9.80. The van der Waals surface area contributed by atoms with Crippen molar-refractivity contribution in [1.29, 1.82) is 0 Å². The Kier molecular flexibility index (Phi) is 2.84. The number of hydrogen-bond acceptors (Lipinski definition) is 2. The van der Waals surface area contributed by atoms with Crippen LogP contribution in [0.4, 0.5) is 5.69 Å². The third-order valence-electron chi connectivity index (χ3n) is 2.14. The van der Waals surface area contributed by atoms with E-state index < -0.39 is 0 Å². The second kappa shape index (κ2) is 4.29. The zero-order valence-electron chi connectivity index (χ0n) is 8.16. The maximum atomic E-state index is 3.37. The fourth-order valence-corrected chi connectivity index (χ4v) is 1.89. The van der Waals surface area contributed by atoms with E-state index in [1.165, 1.54) is 16.8 Å². The van der Waals surface area contributed by atoms with Gasteiger partial charge >= 0.3 is 0 Å². The quantitative estimate of drug-likeness (QED) is 0.802. The van der Waals surface area contributed by atoms with Gasteiger partial charge in [-0.15, -0.1) is 0 Å². The summed E-state index contributed by atoms with van der Waals surface area (Å²) in [6.07, 6.45) is 0. The van der Waals surface area contributed by atoms with Gasteiger partial charge in [-0.25, -0.2) is 0 Å². The third-order valence-corrected chi connectivity index (χ3v) is 2.82. The van der Waals surface area contributed by atoms with E-state index in [-0.39, 0.29) is 0 Å². The van der Waals surface area contributed by atoms with Gasteiger partial charge in [0.1, 0.15) is 0 Å². The Morgan fingerprint density at radius 1 is 1.14 bits per heavy atom. The summed E-state index contributed by atoms with van der Waals surface area (Å²) in [5.74, 6) is 0. The molecule has 0 unspecified atom stereocenters. The largest absolute Gasteiger partial charge is 0.380 e. The molecular formula is C12H13NS. The molecule has 0 radical (unpaired) electrons. The second-order valence-electron chi connectivity index (χ2n) is 3.35. The number of nitrogens with one attached hydrogen (secondary N) is 1. The van der Waals surface area contributed by atoms with Gasteiger partial charge in [0.15, 0.2) is 0 Å². The molecule has 0 saturated heterocycles. The summed E-state index contributed by atoms with van der Waals surface area (Å²) in [6, 6.07) is 10.7. The molecule has 1 N–H and O–H groups in total. The van der Waals surface area contributed by atoms with Crippen LogP contribution in [0.2, 0.25) is 0 Å². The van der Waals surface area contributed by atoms with Gasteiger partial charge in [-0.1, -0.05) is 29.8 Å². The molecule has 1 nitrogen and oxygen atoms in total. The van der Waals surface area contributed by atoms with Crippen molar-refractivity contribution in [2.24, 2.45) is 0 Å². The summed E-state index contributed by atoms with van der Waals surface area (Å²) in [7, 11) is 0. The Hall–Kier alpha value is -1.28. The van der Waals surface area contributed by atoms with Gasteiger partial charge in [-0.3, -0.25) is 0 Å². The van der Waals surface area contributed by atoms with E-state index in [0.29, 0.717) is 0 Å². The van der Waals surface area contributed by atoms with E-state index in [4.69, 9.17) is 0 Å². The van der Waals surface area contributed by atoms with Crippen LogP contribution in [-0.4, -0.2) is 0 Å². The molecule has 0 aliphatic rings. The topological polar surface area (TPSA) is 12.0 Å². The molecule has 0 atom stereocenters. The monoisotopic (exact) mass is 203 g/mol. The molecule has 1 aromatic heterocycles. The van der Waals surface area contributed by atoms with E-state index in [0.717, 1.165) is 6.54 Å². The molecule has 2 rings (SSSR count). The molecule has 2 aromatic rings. The highest BCUT2D eigenvalue weighted by Gasteiger charge is 1.93. The molecule has 0 aliphatic heterocycles.